The molecule has 2 aliphatic heterocycles. The van der Waals surface area contributed by atoms with Crippen LogP contribution in [0, 0.1) is 0 Å². The predicted molar refractivity (Wildman–Crippen MR) is 104 cm³/mol. The monoisotopic (exact) mass is 417 g/mol. The molecule has 0 bridgehead atoms. The van der Waals surface area contributed by atoms with Crippen LogP contribution in [0.25, 0.3) is 0 Å². The van der Waals surface area contributed by atoms with Gasteiger partial charge in [-0.15, -0.1) is 5.06 Å². The molecular weight excluding hydrogens is 390 g/mol. The van der Waals surface area contributed by atoms with Gasteiger partial charge in [0.1, 0.15) is 11.2 Å². The molecule has 8 nitrogen and oxygen atoms in total. The molecule has 4 rings (SSSR count). The summed E-state index contributed by atoms with van der Waals surface area (Å²) in [6, 6.07) is 7.13. The van der Waals surface area contributed by atoms with E-state index in [9.17, 15) is 19.5 Å². The number of hydrogen-bond acceptors (Lipinski definition) is 7. The third-order valence-corrected chi connectivity index (χ3v) is 6.45. The molecule has 1 aromatic carbocycles. The van der Waals surface area contributed by atoms with Crippen LogP contribution >= 0.6 is 0 Å². The smallest absolute Gasteiger partial charge is 0.363 e. The summed E-state index contributed by atoms with van der Waals surface area (Å²) in [6.07, 6.45) is 5.13. The number of nitrogens with zero attached hydrogens (tertiary/aromatic N) is 1. The second-order valence-corrected chi connectivity index (χ2v) is 8.81. The molecule has 162 valence electrons. The molecule has 0 radical (unpaired) electrons. The van der Waals surface area contributed by atoms with E-state index in [2.05, 4.69) is 0 Å². The third-order valence-electron chi connectivity index (χ3n) is 6.45. The number of rotatable bonds is 5. The van der Waals surface area contributed by atoms with E-state index in [1.807, 2.05) is 19.1 Å². The number of benzene rings is 1. The molecule has 1 spiro atoms. The van der Waals surface area contributed by atoms with Gasteiger partial charge < -0.3 is 9.94 Å². The van der Waals surface area contributed by atoms with Crippen molar-refractivity contribution >= 4 is 17.8 Å². The minimum absolute atomic E-state index is 0.0716. The van der Waals surface area contributed by atoms with Crippen LogP contribution < -0.4 is 0 Å². The number of aliphatic hydroxyl groups is 1. The van der Waals surface area contributed by atoms with Crippen LogP contribution in [0.15, 0.2) is 24.3 Å². The van der Waals surface area contributed by atoms with Crippen molar-refractivity contribution in [1.29, 1.82) is 0 Å². The van der Waals surface area contributed by atoms with Crippen molar-refractivity contribution in [2.45, 2.75) is 75.4 Å². The number of hydroxylamine groups is 2. The normalized spacial score (nSPS) is 31.5. The number of imide groups is 1. The summed E-state index contributed by atoms with van der Waals surface area (Å²) in [5.41, 5.74) is 0.721. The summed E-state index contributed by atoms with van der Waals surface area (Å²) in [5, 5.41) is 9.79. The van der Waals surface area contributed by atoms with Gasteiger partial charge in [0.15, 0.2) is 0 Å². The van der Waals surface area contributed by atoms with Crippen molar-refractivity contribution in [3.8, 4) is 0 Å². The lowest BCUT2D eigenvalue weighted by Gasteiger charge is -2.35. The fraction of sp³-hybridized carbons (Fsp3) is 0.591. The maximum Gasteiger partial charge on any atom is 0.363 e. The Labute approximate surface area is 175 Å². The van der Waals surface area contributed by atoms with Crippen LogP contribution in [-0.4, -0.2) is 45.8 Å². The number of carbonyl (C=O) groups is 3. The maximum atomic E-state index is 12.2. The fourth-order valence-corrected chi connectivity index (χ4v) is 4.72. The molecule has 2 heterocycles. The molecule has 3 fully saturated rings. The molecular formula is C22H27NO7. The van der Waals surface area contributed by atoms with Crippen molar-refractivity contribution in [2.75, 3.05) is 6.61 Å². The Bertz CT molecular complexity index is 812. The van der Waals surface area contributed by atoms with Crippen molar-refractivity contribution in [3.63, 3.8) is 0 Å². The molecule has 1 saturated carbocycles. The predicted octanol–water partition coefficient (Wildman–Crippen LogP) is 2.80. The van der Waals surface area contributed by atoms with Gasteiger partial charge in [0.2, 0.25) is 0 Å². The Morgan fingerprint density at radius 1 is 1.13 bits per heavy atom. The Kier molecular flexibility index (Phi) is 5.65. The van der Waals surface area contributed by atoms with E-state index >= 15 is 0 Å². The highest BCUT2D eigenvalue weighted by atomic mass is 17.2. The van der Waals surface area contributed by atoms with E-state index in [1.165, 1.54) is 0 Å². The van der Waals surface area contributed by atoms with Crippen molar-refractivity contribution in [1.82, 2.24) is 5.06 Å². The summed E-state index contributed by atoms with van der Waals surface area (Å²) in [5.74, 6) is -1.34. The van der Waals surface area contributed by atoms with Gasteiger partial charge >= 0.3 is 5.97 Å². The van der Waals surface area contributed by atoms with E-state index in [0.29, 0.717) is 23.0 Å². The first-order valence-electron chi connectivity index (χ1n) is 10.5. The summed E-state index contributed by atoms with van der Waals surface area (Å²) >= 11 is 0. The molecule has 2 amide bonds. The van der Waals surface area contributed by atoms with E-state index in [1.54, 1.807) is 12.1 Å². The first-order valence-corrected chi connectivity index (χ1v) is 10.5. The number of aliphatic hydroxyl groups excluding tert-OH is 1. The number of amides is 2. The topological polar surface area (TPSA) is 102 Å². The maximum absolute atomic E-state index is 12.2. The van der Waals surface area contributed by atoms with Crippen LogP contribution in [0.2, 0.25) is 0 Å². The first kappa shape index (κ1) is 21.0. The zero-order valence-corrected chi connectivity index (χ0v) is 17.1. The zero-order valence-electron chi connectivity index (χ0n) is 17.1. The summed E-state index contributed by atoms with van der Waals surface area (Å²) in [6.45, 7) is 2.05. The van der Waals surface area contributed by atoms with Crippen LogP contribution in [-0.2, 0) is 24.2 Å². The molecule has 0 aromatic heterocycles. The SMILES string of the molecule is CC1(CCO)CC2(CCC(c3ccc(C(=O)ON4C(=O)CCC4=O)cc3)CC2)OO1. The van der Waals surface area contributed by atoms with E-state index in [-0.39, 0.29) is 25.0 Å². The highest BCUT2D eigenvalue weighted by Gasteiger charge is 2.50. The molecule has 1 N–H and O–H groups in total. The lowest BCUT2D eigenvalue weighted by molar-refractivity contribution is -0.353. The van der Waals surface area contributed by atoms with Crippen LogP contribution in [0.5, 0.6) is 0 Å². The first-order chi connectivity index (χ1) is 14.3. The fourth-order valence-electron chi connectivity index (χ4n) is 4.72. The van der Waals surface area contributed by atoms with Crippen LogP contribution in [0.4, 0.5) is 0 Å². The van der Waals surface area contributed by atoms with Gasteiger partial charge in [-0.2, -0.15) is 0 Å². The van der Waals surface area contributed by atoms with Gasteiger partial charge in [0, 0.05) is 32.3 Å². The second kappa shape index (κ2) is 8.09. The van der Waals surface area contributed by atoms with Gasteiger partial charge in [-0.05, 0) is 56.2 Å². The summed E-state index contributed by atoms with van der Waals surface area (Å²) in [7, 11) is 0. The third kappa shape index (κ3) is 4.12. The zero-order chi connectivity index (χ0) is 21.4. The average Bonchev–Trinajstić information content (AvgIpc) is 3.23. The van der Waals surface area contributed by atoms with Gasteiger partial charge in [0.05, 0.1) is 5.56 Å². The number of carbonyl (C=O) groups excluding carboxylic acids is 3. The quantitative estimate of drug-likeness (QED) is 0.580. The van der Waals surface area contributed by atoms with Gasteiger partial charge in [-0.25, -0.2) is 14.6 Å². The minimum atomic E-state index is -0.715. The van der Waals surface area contributed by atoms with E-state index in [0.717, 1.165) is 37.7 Å². The Balaban J connectivity index is 1.34. The van der Waals surface area contributed by atoms with Gasteiger partial charge in [-0.1, -0.05) is 12.1 Å². The molecule has 3 aliphatic rings. The second-order valence-electron chi connectivity index (χ2n) is 8.81. The lowest BCUT2D eigenvalue weighted by Crippen LogP contribution is -2.35. The van der Waals surface area contributed by atoms with Crippen LogP contribution in [0.1, 0.15) is 80.1 Å². The highest BCUT2D eigenvalue weighted by Crippen LogP contribution is 2.49. The molecule has 1 atom stereocenters. The summed E-state index contributed by atoms with van der Waals surface area (Å²) in [4.78, 5) is 51.7. The highest BCUT2D eigenvalue weighted by molar-refractivity contribution is 6.02. The Hall–Kier alpha value is -2.29. The number of hydrogen-bond donors (Lipinski definition) is 1. The van der Waals surface area contributed by atoms with Crippen molar-refractivity contribution in [3.05, 3.63) is 35.4 Å². The van der Waals surface area contributed by atoms with Gasteiger partial charge in [-0.3, -0.25) is 9.59 Å². The van der Waals surface area contributed by atoms with Crippen molar-refractivity contribution in [2.24, 2.45) is 0 Å². The molecule has 30 heavy (non-hydrogen) atoms. The van der Waals surface area contributed by atoms with Crippen LogP contribution in [0.3, 0.4) is 0 Å². The largest absolute Gasteiger partial charge is 0.396 e. The Morgan fingerprint density at radius 2 is 1.77 bits per heavy atom. The molecule has 1 unspecified atom stereocenters. The van der Waals surface area contributed by atoms with E-state index in [4.69, 9.17) is 14.6 Å². The average molecular weight is 417 g/mol. The summed E-state index contributed by atoms with van der Waals surface area (Å²) < 4.78 is 0. The molecule has 2 saturated heterocycles. The molecule has 8 heteroatoms. The lowest BCUT2D eigenvalue weighted by atomic mass is 9.72. The molecule has 1 aliphatic carbocycles. The minimum Gasteiger partial charge on any atom is -0.396 e. The van der Waals surface area contributed by atoms with E-state index < -0.39 is 23.4 Å². The standard InChI is InChI=1S/C22H27NO7/c1-21(12-13-24)14-22(30-29-21)10-8-16(9-11-22)15-2-4-17(5-3-15)20(27)28-23-18(25)6-7-19(23)26/h2-5,16,24H,6-14H2,1H3. The van der Waals surface area contributed by atoms with Gasteiger partial charge in [0.25, 0.3) is 11.8 Å². The van der Waals surface area contributed by atoms with Crippen molar-refractivity contribution < 1.29 is 34.1 Å². The Morgan fingerprint density at radius 3 is 2.37 bits per heavy atom. The molecule has 1 aromatic rings.